The van der Waals surface area contributed by atoms with Crippen LogP contribution in [0, 0.1) is 30.6 Å². The van der Waals surface area contributed by atoms with Crippen LogP contribution in [0.4, 0.5) is 10.5 Å². The predicted octanol–water partition coefficient (Wildman–Crippen LogP) is 3.38. The van der Waals surface area contributed by atoms with Crippen LogP contribution in [0.1, 0.15) is 37.3 Å². The molecule has 2 aliphatic rings. The second-order valence-corrected chi connectivity index (χ2v) is 14.6. The quantitative estimate of drug-likeness (QED) is 0.344. The molecular weight excluding hydrogens is 558 g/mol. The Morgan fingerprint density at radius 1 is 1.10 bits per heavy atom. The van der Waals surface area contributed by atoms with Gasteiger partial charge in [-0.2, -0.15) is 8.42 Å². The van der Waals surface area contributed by atoms with Crippen molar-refractivity contribution in [3.05, 3.63) is 59.7 Å². The van der Waals surface area contributed by atoms with Crippen LogP contribution < -0.4 is 4.90 Å². The van der Waals surface area contributed by atoms with Crippen LogP contribution in [-0.4, -0.2) is 64.3 Å². The van der Waals surface area contributed by atoms with Crippen molar-refractivity contribution in [3.63, 3.8) is 0 Å². The van der Waals surface area contributed by atoms with E-state index in [1.54, 1.807) is 36.4 Å². The maximum atomic E-state index is 12.4. The molecule has 1 N–H and O–H groups in total. The monoisotopic (exact) mass is 589 g/mol. The highest BCUT2D eigenvalue weighted by molar-refractivity contribution is 7.92. The molecule has 214 valence electrons. The number of benzene rings is 2. The summed E-state index contributed by atoms with van der Waals surface area (Å²) in [5.41, 5.74) is 2.21. The lowest BCUT2D eigenvalue weighted by Crippen LogP contribution is -2.46. The molecule has 1 saturated heterocycles. The zero-order valence-electron chi connectivity index (χ0n) is 22.4. The van der Waals surface area contributed by atoms with E-state index in [4.69, 9.17) is 8.92 Å². The lowest BCUT2D eigenvalue weighted by atomic mass is 9.76. The fraction of sp³-hybridized carbons (Fsp3) is 0.429. The average Bonchev–Trinajstić information content (AvgIpc) is 3.22. The van der Waals surface area contributed by atoms with Gasteiger partial charge in [0.25, 0.3) is 10.1 Å². The van der Waals surface area contributed by atoms with Crippen molar-refractivity contribution >= 4 is 37.7 Å². The van der Waals surface area contributed by atoms with Crippen LogP contribution in [0.2, 0.25) is 0 Å². The number of anilines is 1. The van der Waals surface area contributed by atoms with Crippen LogP contribution in [0.25, 0.3) is 0 Å². The van der Waals surface area contributed by atoms with Gasteiger partial charge in [0.1, 0.15) is 6.10 Å². The van der Waals surface area contributed by atoms with Crippen LogP contribution in [-0.2, 0) is 33.7 Å². The molecule has 40 heavy (non-hydrogen) atoms. The number of sulfone groups is 1. The number of rotatable bonds is 9. The van der Waals surface area contributed by atoms with Gasteiger partial charge < -0.3 is 9.84 Å². The number of amides is 1. The van der Waals surface area contributed by atoms with Crippen LogP contribution >= 0.6 is 0 Å². The minimum atomic E-state index is -3.95. The molecule has 0 unspecified atom stereocenters. The first-order valence-corrected chi connectivity index (χ1v) is 16.0. The largest absolute Gasteiger partial charge is 0.480 e. The molecule has 1 amide bonds. The number of carboxylic acid groups (broad SMARTS) is 1. The number of hydrogen-bond acceptors (Lipinski definition) is 8. The van der Waals surface area contributed by atoms with E-state index in [0.29, 0.717) is 5.69 Å². The van der Waals surface area contributed by atoms with Gasteiger partial charge in [-0.15, -0.1) is 0 Å². The summed E-state index contributed by atoms with van der Waals surface area (Å²) in [6, 6.07) is 13.4. The Balaban J connectivity index is 1.28. The summed E-state index contributed by atoms with van der Waals surface area (Å²) >= 11 is 0. The number of aryl methyl sites for hydroxylation is 1. The molecule has 1 heterocycles. The maximum absolute atomic E-state index is 12.4. The molecule has 0 radical (unpaired) electrons. The van der Waals surface area contributed by atoms with E-state index in [2.05, 4.69) is 11.8 Å². The summed E-state index contributed by atoms with van der Waals surface area (Å²) in [5, 5.41) is 9.47. The number of carboxylic acids is 1. The molecule has 0 spiro atoms. The first kappa shape index (κ1) is 29.6. The normalized spacial score (nSPS) is 22.4. The Morgan fingerprint density at radius 2 is 1.73 bits per heavy atom. The zero-order valence-corrected chi connectivity index (χ0v) is 24.0. The van der Waals surface area contributed by atoms with E-state index >= 15 is 0 Å². The molecule has 12 heteroatoms. The lowest BCUT2D eigenvalue weighted by molar-refractivity contribution is -0.140. The first-order chi connectivity index (χ1) is 18.7. The zero-order chi connectivity index (χ0) is 29.3. The highest BCUT2D eigenvalue weighted by Crippen LogP contribution is 2.34. The van der Waals surface area contributed by atoms with Crippen molar-refractivity contribution in [2.75, 3.05) is 24.3 Å². The van der Waals surface area contributed by atoms with Crippen LogP contribution in [0.15, 0.2) is 53.4 Å². The van der Waals surface area contributed by atoms with Gasteiger partial charge in [0, 0.05) is 29.8 Å². The first-order valence-electron chi connectivity index (χ1n) is 12.7. The minimum Gasteiger partial charge on any atom is -0.480 e. The molecule has 2 fully saturated rings. The van der Waals surface area contributed by atoms with Gasteiger partial charge in [-0.05, 0) is 69.0 Å². The van der Waals surface area contributed by atoms with Gasteiger partial charge in [0.05, 0.1) is 18.0 Å². The Morgan fingerprint density at radius 3 is 2.30 bits per heavy atom. The number of aliphatic carboxylic acids is 1. The highest BCUT2D eigenvalue weighted by Gasteiger charge is 2.48. The fourth-order valence-corrected chi connectivity index (χ4v) is 6.31. The van der Waals surface area contributed by atoms with Gasteiger partial charge >= 0.3 is 12.1 Å². The molecular formula is C28H31NO9S2. The molecule has 2 atom stereocenters. The van der Waals surface area contributed by atoms with E-state index in [-0.39, 0.29) is 36.3 Å². The van der Waals surface area contributed by atoms with Crippen molar-refractivity contribution in [2.45, 2.75) is 48.9 Å². The molecule has 2 aromatic carbocycles. The van der Waals surface area contributed by atoms with Crippen LogP contribution in [0.3, 0.4) is 0 Å². The van der Waals surface area contributed by atoms with E-state index < -0.39 is 42.9 Å². The Kier molecular flexibility index (Phi) is 8.31. The number of carbonyl (C=O) groups excluding carboxylic acids is 1. The Labute approximate surface area is 234 Å². The fourth-order valence-electron chi connectivity index (χ4n) is 4.53. The molecule has 1 saturated carbocycles. The predicted molar refractivity (Wildman–Crippen MR) is 147 cm³/mol. The van der Waals surface area contributed by atoms with E-state index in [9.17, 15) is 31.5 Å². The van der Waals surface area contributed by atoms with Crippen molar-refractivity contribution in [3.8, 4) is 11.8 Å². The average molecular weight is 590 g/mol. The summed E-state index contributed by atoms with van der Waals surface area (Å²) < 4.78 is 57.2. The topological polar surface area (TPSA) is 144 Å². The summed E-state index contributed by atoms with van der Waals surface area (Å²) in [5.74, 6) is 5.02. The second kappa shape index (κ2) is 11.2. The third-order valence-corrected chi connectivity index (χ3v) is 10.6. The molecule has 2 aromatic rings. The third-order valence-electron chi connectivity index (χ3n) is 7.37. The number of nitrogens with zero attached hydrogens (tertiary/aromatic N) is 1. The number of cyclic esters (lactones) is 1. The number of ether oxygens (including phenoxy) is 1. The van der Waals surface area contributed by atoms with Crippen molar-refractivity contribution in [2.24, 2.45) is 11.8 Å². The van der Waals surface area contributed by atoms with Gasteiger partial charge in [-0.3, -0.25) is 13.9 Å². The van der Waals surface area contributed by atoms with Gasteiger partial charge in [-0.1, -0.05) is 29.5 Å². The summed E-state index contributed by atoms with van der Waals surface area (Å²) in [6.07, 6.45) is 0.376. The molecule has 0 aromatic heterocycles. The molecule has 10 nitrogen and oxygen atoms in total. The van der Waals surface area contributed by atoms with Gasteiger partial charge in [-0.25, -0.2) is 13.2 Å². The Bertz CT molecular complexity index is 1550. The smallest absolute Gasteiger partial charge is 0.414 e. The SMILES string of the molecule is Cc1ccc(S(=O)(=O)OCC2CC(C#Cc3ccc(N4C[C@H](C[C@](C)(C(=O)O)S(C)(=O)=O)OC4=O)cc3)C2)cc1. The van der Waals surface area contributed by atoms with Crippen molar-refractivity contribution in [1.29, 1.82) is 0 Å². The minimum absolute atomic E-state index is 0.0212. The van der Waals surface area contributed by atoms with Gasteiger partial charge in [0.2, 0.25) is 0 Å². The van der Waals surface area contributed by atoms with Crippen molar-refractivity contribution in [1.82, 2.24) is 0 Å². The standard InChI is InChI=1S/C28H31NO9S2/c1-19-4-12-25(13-5-19)40(35,36)37-18-22-14-21(15-22)7-6-20-8-10-23(11-9-20)29-17-24(38-27(29)32)16-28(2,26(30)31)39(3,33)34/h4-5,8-13,21-22,24H,14-18H2,1-3H3,(H,30,31)/t21?,22?,24-,28+/m0/s1. The van der Waals surface area contributed by atoms with E-state index in [1.807, 2.05) is 6.92 Å². The second-order valence-electron chi connectivity index (χ2n) is 10.5. The Hall–Kier alpha value is -3.40. The number of hydrogen-bond donors (Lipinski definition) is 1. The molecule has 1 aliphatic heterocycles. The van der Waals surface area contributed by atoms with E-state index in [1.165, 1.54) is 17.0 Å². The van der Waals surface area contributed by atoms with Crippen molar-refractivity contribution < 1.29 is 40.5 Å². The molecule has 4 rings (SSSR count). The van der Waals surface area contributed by atoms with Gasteiger partial charge in [0.15, 0.2) is 14.6 Å². The summed E-state index contributed by atoms with van der Waals surface area (Å²) in [4.78, 5) is 25.5. The summed E-state index contributed by atoms with van der Waals surface area (Å²) in [6.45, 7) is 3.13. The third kappa shape index (κ3) is 6.49. The van der Waals surface area contributed by atoms with E-state index in [0.717, 1.165) is 37.1 Å². The van der Waals surface area contributed by atoms with Crippen LogP contribution in [0.5, 0.6) is 0 Å². The maximum Gasteiger partial charge on any atom is 0.414 e. The molecule has 0 bridgehead atoms. The lowest BCUT2D eigenvalue weighted by Gasteiger charge is -2.31. The molecule has 1 aliphatic carbocycles. The summed E-state index contributed by atoms with van der Waals surface area (Å²) in [7, 11) is -7.74. The number of carbonyl (C=O) groups is 2. The highest BCUT2D eigenvalue weighted by atomic mass is 32.2.